The largest absolute Gasteiger partial charge is 0.346 e. The van der Waals surface area contributed by atoms with Crippen molar-refractivity contribution in [3.63, 3.8) is 0 Å². The van der Waals surface area contributed by atoms with Crippen LogP contribution in [-0.4, -0.2) is 40.4 Å². The topological polar surface area (TPSA) is 75.5 Å². The highest BCUT2D eigenvalue weighted by atomic mass is 31.2. The maximum atomic E-state index is 14.0. The molecule has 9 heteroatoms. The molecule has 2 aliphatic heterocycles. The minimum Gasteiger partial charge on any atom is -0.298 e. The zero-order valence-electron chi connectivity index (χ0n) is 11.4. The predicted octanol–water partition coefficient (Wildman–Crippen LogP) is 2.55. The standard InChI is InChI=1S/C12H15FN3O4P/c1-9(11-3-2-10(16(17)18)8-12(11)13)20-21(19,14-4-5-14)15-6-7-15/h2-3,8-9H,4-7H2,1H3. The number of hydrogen-bond acceptors (Lipinski definition) is 4. The lowest BCUT2D eigenvalue weighted by molar-refractivity contribution is -0.385. The summed E-state index contributed by atoms with van der Waals surface area (Å²) in [5.74, 6) is -0.722. The highest BCUT2D eigenvalue weighted by Gasteiger charge is 2.50. The lowest BCUT2D eigenvalue weighted by Gasteiger charge is -2.24. The van der Waals surface area contributed by atoms with E-state index in [4.69, 9.17) is 4.52 Å². The Bertz CT molecular complexity index is 617. The lowest BCUT2D eigenvalue weighted by Crippen LogP contribution is -2.11. The number of nitro groups is 1. The number of rotatable bonds is 6. The van der Waals surface area contributed by atoms with Crippen molar-refractivity contribution in [2.45, 2.75) is 13.0 Å². The minimum absolute atomic E-state index is 0.171. The highest BCUT2D eigenvalue weighted by Crippen LogP contribution is 2.63. The first-order valence-electron chi connectivity index (χ1n) is 6.65. The van der Waals surface area contributed by atoms with E-state index in [9.17, 15) is 19.1 Å². The van der Waals surface area contributed by atoms with Gasteiger partial charge >= 0.3 is 7.67 Å². The van der Waals surface area contributed by atoms with Gasteiger partial charge in [-0.3, -0.25) is 19.2 Å². The Morgan fingerprint density at radius 3 is 2.33 bits per heavy atom. The summed E-state index contributed by atoms with van der Waals surface area (Å²) in [5.41, 5.74) is -0.145. The molecule has 2 saturated heterocycles. The van der Waals surface area contributed by atoms with E-state index in [-0.39, 0.29) is 11.3 Å². The van der Waals surface area contributed by atoms with Crippen molar-refractivity contribution in [1.29, 1.82) is 0 Å². The molecule has 0 aromatic heterocycles. The molecule has 21 heavy (non-hydrogen) atoms. The van der Waals surface area contributed by atoms with E-state index in [0.717, 1.165) is 6.07 Å². The normalized spacial score (nSPS) is 20.3. The zero-order valence-corrected chi connectivity index (χ0v) is 12.3. The molecule has 1 aromatic carbocycles. The molecule has 1 unspecified atom stereocenters. The summed E-state index contributed by atoms with van der Waals surface area (Å²) < 4.78 is 35.9. The molecule has 2 aliphatic rings. The number of nitrogens with zero attached hydrogens (tertiary/aromatic N) is 3. The fourth-order valence-corrected chi connectivity index (χ4v) is 4.47. The Labute approximate surface area is 121 Å². The highest BCUT2D eigenvalue weighted by molar-refractivity contribution is 7.54. The number of hydrogen-bond donors (Lipinski definition) is 0. The maximum Gasteiger partial charge on any atom is 0.346 e. The number of halogens is 1. The van der Waals surface area contributed by atoms with Gasteiger partial charge in [0.05, 0.1) is 17.1 Å². The molecule has 0 bridgehead atoms. The quantitative estimate of drug-likeness (QED) is 0.347. The van der Waals surface area contributed by atoms with Gasteiger partial charge < -0.3 is 0 Å². The molecule has 114 valence electrons. The molecule has 2 fully saturated rings. The van der Waals surface area contributed by atoms with Crippen molar-refractivity contribution >= 4 is 13.4 Å². The molecule has 0 aliphatic carbocycles. The van der Waals surface area contributed by atoms with Gasteiger partial charge in [0.1, 0.15) is 5.82 Å². The molecule has 0 amide bonds. The second-order valence-corrected chi connectivity index (χ2v) is 7.43. The summed E-state index contributed by atoms with van der Waals surface area (Å²) >= 11 is 0. The van der Waals surface area contributed by atoms with Gasteiger partial charge in [-0.2, -0.15) is 0 Å². The third kappa shape index (κ3) is 2.85. The van der Waals surface area contributed by atoms with Gasteiger partial charge in [0.15, 0.2) is 0 Å². The van der Waals surface area contributed by atoms with Crippen LogP contribution in [-0.2, 0) is 9.09 Å². The molecule has 0 spiro atoms. The van der Waals surface area contributed by atoms with E-state index in [1.165, 1.54) is 12.1 Å². The second kappa shape index (κ2) is 5.14. The lowest BCUT2D eigenvalue weighted by atomic mass is 10.1. The summed E-state index contributed by atoms with van der Waals surface area (Å²) in [4.78, 5) is 9.95. The third-order valence-corrected chi connectivity index (χ3v) is 6.31. The summed E-state index contributed by atoms with van der Waals surface area (Å²) in [6.07, 6.45) is -0.738. The number of nitro benzene ring substituents is 1. The molecule has 7 nitrogen and oxygen atoms in total. The van der Waals surface area contributed by atoms with Crippen molar-refractivity contribution in [2.24, 2.45) is 0 Å². The third-order valence-electron chi connectivity index (χ3n) is 3.49. The predicted molar refractivity (Wildman–Crippen MR) is 73.3 cm³/mol. The van der Waals surface area contributed by atoms with Gasteiger partial charge in [-0.15, -0.1) is 0 Å². The van der Waals surface area contributed by atoms with E-state index in [1.54, 1.807) is 16.3 Å². The zero-order chi connectivity index (χ0) is 15.2. The Balaban J connectivity index is 1.80. The second-order valence-electron chi connectivity index (χ2n) is 5.11. The first-order valence-corrected chi connectivity index (χ1v) is 8.18. The SMILES string of the molecule is CC(OP(=O)(N1CC1)N1CC1)c1ccc([N+](=O)[O-])cc1F. The molecule has 0 N–H and O–H groups in total. The van der Waals surface area contributed by atoms with Gasteiger partial charge in [0, 0.05) is 37.8 Å². The van der Waals surface area contributed by atoms with Crippen LogP contribution in [0.5, 0.6) is 0 Å². The molecular weight excluding hydrogens is 300 g/mol. The maximum absolute atomic E-state index is 14.0. The van der Waals surface area contributed by atoms with Crippen LogP contribution >= 0.6 is 7.67 Å². The van der Waals surface area contributed by atoms with Crippen LogP contribution in [0.3, 0.4) is 0 Å². The fourth-order valence-electron chi connectivity index (χ4n) is 2.13. The van der Waals surface area contributed by atoms with Crippen LogP contribution in [0.4, 0.5) is 10.1 Å². The molecular formula is C12H15FN3O4P. The van der Waals surface area contributed by atoms with Gasteiger partial charge in [-0.05, 0) is 13.0 Å². The van der Waals surface area contributed by atoms with Crippen molar-refractivity contribution in [2.75, 3.05) is 26.2 Å². The van der Waals surface area contributed by atoms with Crippen molar-refractivity contribution < 1.29 is 18.4 Å². The monoisotopic (exact) mass is 315 g/mol. The minimum atomic E-state index is -3.05. The molecule has 2 heterocycles. The smallest absolute Gasteiger partial charge is 0.298 e. The van der Waals surface area contributed by atoms with Crippen LogP contribution in [0.2, 0.25) is 0 Å². The van der Waals surface area contributed by atoms with Crippen molar-refractivity contribution in [3.05, 3.63) is 39.7 Å². The van der Waals surface area contributed by atoms with Crippen LogP contribution in [0.1, 0.15) is 18.6 Å². The summed E-state index contributed by atoms with van der Waals surface area (Å²) in [5, 5.41) is 10.6. The summed E-state index contributed by atoms with van der Waals surface area (Å²) in [7, 11) is -3.05. The molecule has 1 atom stereocenters. The Morgan fingerprint density at radius 1 is 1.33 bits per heavy atom. The van der Waals surface area contributed by atoms with E-state index < -0.39 is 24.5 Å². The van der Waals surface area contributed by atoms with Gasteiger partial charge in [-0.1, -0.05) is 0 Å². The first kappa shape index (κ1) is 14.6. The van der Waals surface area contributed by atoms with Crippen LogP contribution in [0, 0.1) is 15.9 Å². The van der Waals surface area contributed by atoms with Crippen molar-refractivity contribution in [1.82, 2.24) is 9.34 Å². The van der Waals surface area contributed by atoms with Crippen LogP contribution < -0.4 is 0 Å². The van der Waals surface area contributed by atoms with E-state index >= 15 is 0 Å². The van der Waals surface area contributed by atoms with E-state index in [0.29, 0.717) is 26.2 Å². The number of non-ortho nitro benzene ring substituents is 1. The van der Waals surface area contributed by atoms with Gasteiger partial charge in [-0.25, -0.2) is 13.7 Å². The van der Waals surface area contributed by atoms with Crippen LogP contribution in [0.15, 0.2) is 18.2 Å². The van der Waals surface area contributed by atoms with Gasteiger partial charge in [0.25, 0.3) is 5.69 Å². The van der Waals surface area contributed by atoms with Crippen LogP contribution in [0.25, 0.3) is 0 Å². The summed E-state index contributed by atoms with van der Waals surface area (Å²) in [6, 6.07) is 3.39. The Kier molecular flexibility index (Phi) is 3.57. The fraction of sp³-hybridized carbons (Fsp3) is 0.500. The summed E-state index contributed by atoms with van der Waals surface area (Å²) in [6.45, 7) is 4.45. The Morgan fingerprint density at radius 2 is 1.90 bits per heavy atom. The molecule has 1 aromatic rings. The molecule has 0 radical (unpaired) electrons. The molecule has 0 saturated carbocycles. The Hall–Kier alpha value is -1.34. The average molecular weight is 315 g/mol. The van der Waals surface area contributed by atoms with E-state index in [1.807, 2.05) is 0 Å². The van der Waals surface area contributed by atoms with Crippen molar-refractivity contribution in [3.8, 4) is 0 Å². The average Bonchev–Trinajstić information content (AvgIpc) is 3.30. The van der Waals surface area contributed by atoms with E-state index in [2.05, 4.69) is 0 Å². The van der Waals surface area contributed by atoms with Gasteiger partial charge in [0.2, 0.25) is 0 Å². The first-order chi connectivity index (χ1) is 9.91. The number of benzene rings is 1. The molecule has 3 rings (SSSR count).